The summed E-state index contributed by atoms with van der Waals surface area (Å²) >= 11 is 3.41. The van der Waals surface area contributed by atoms with Crippen LogP contribution in [0.1, 0.15) is 20.3 Å². The van der Waals surface area contributed by atoms with Gasteiger partial charge >= 0.3 is 0 Å². The van der Waals surface area contributed by atoms with E-state index in [1.165, 1.54) is 0 Å². The number of amides is 1. The summed E-state index contributed by atoms with van der Waals surface area (Å²) in [5, 5.41) is 0. The van der Waals surface area contributed by atoms with E-state index in [0.29, 0.717) is 6.54 Å². The summed E-state index contributed by atoms with van der Waals surface area (Å²) in [5.41, 5.74) is -0.718. The molecule has 1 heterocycles. The Morgan fingerprint density at radius 2 is 2.29 bits per heavy atom. The van der Waals surface area contributed by atoms with Crippen molar-refractivity contribution in [2.45, 2.75) is 25.9 Å². The van der Waals surface area contributed by atoms with Crippen LogP contribution in [-0.2, 0) is 9.53 Å². The Morgan fingerprint density at radius 3 is 2.79 bits per heavy atom. The van der Waals surface area contributed by atoms with Gasteiger partial charge in [-0.25, -0.2) is 0 Å². The van der Waals surface area contributed by atoms with Crippen LogP contribution in [-0.4, -0.2) is 36.6 Å². The largest absolute Gasteiger partial charge is 0.369 e. The molecule has 0 spiro atoms. The van der Waals surface area contributed by atoms with Crippen molar-refractivity contribution in [1.82, 2.24) is 4.90 Å². The van der Waals surface area contributed by atoms with Crippen LogP contribution in [0.25, 0.3) is 0 Å². The lowest BCUT2D eigenvalue weighted by atomic mass is 10.1. The third-order valence-corrected chi connectivity index (χ3v) is 2.99. The van der Waals surface area contributed by atoms with Crippen molar-refractivity contribution in [2.75, 3.05) is 20.2 Å². The summed E-state index contributed by atoms with van der Waals surface area (Å²) in [4.78, 5) is 13.8. The summed E-state index contributed by atoms with van der Waals surface area (Å²) in [6.45, 7) is 5.02. The first kappa shape index (κ1) is 11.7. The van der Waals surface area contributed by atoms with Gasteiger partial charge in [0.1, 0.15) is 5.60 Å². The average Bonchev–Trinajstić information content (AvgIpc) is 2.16. The van der Waals surface area contributed by atoms with Gasteiger partial charge in [0.2, 0.25) is 0 Å². The number of rotatable bonds is 2. The van der Waals surface area contributed by atoms with Crippen LogP contribution in [0, 0.1) is 0 Å². The molecule has 0 unspecified atom stereocenters. The van der Waals surface area contributed by atoms with Crippen LogP contribution < -0.4 is 0 Å². The fourth-order valence-electron chi connectivity index (χ4n) is 1.34. The molecule has 0 fully saturated rings. The SMILES string of the molecule is COC(C)(C)C(=O)N1CCC=C(Br)C1. The van der Waals surface area contributed by atoms with E-state index in [-0.39, 0.29) is 5.91 Å². The second-order valence-electron chi connectivity index (χ2n) is 3.88. The van der Waals surface area contributed by atoms with Crippen molar-refractivity contribution in [3.8, 4) is 0 Å². The molecule has 3 nitrogen and oxygen atoms in total. The van der Waals surface area contributed by atoms with E-state index in [0.717, 1.165) is 17.4 Å². The van der Waals surface area contributed by atoms with Gasteiger partial charge in [-0.3, -0.25) is 4.79 Å². The molecule has 1 aliphatic heterocycles. The Hall–Kier alpha value is -0.350. The minimum absolute atomic E-state index is 0.0463. The maximum absolute atomic E-state index is 11.9. The molecule has 4 heteroatoms. The molecule has 0 saturated carbocycles. The van der Waals surface area contributed by atoms with Crippen LogP contribution in [0.5, 0.6) is 0 Å². The molecule has 0 aliphatic carbocycles. The Kier molecular flexibility index (Phi) is 3.72. The van der Waals surface area contributed by atoms with E-state index >= 15 is 0 Å². The van der Waals surface area contributed by atoms with Gasteiger partial charge in [-0.1, -0.05) is 22.0 Å². The summed E-state index contributed by atoms with van der Waals surface area (Å²) in [6.07, 6.45) is 3.01. The topological polar surface area (TPSA) is 29.5 Å². The van der Waals surface area contributed by atoms with Crippen molar-refractivity contribution in [3.63, 3.8) is 0 Å². The molecule has 0 aromatic carbocycles. The van der Waals surface area contributed by atoms with E-state index in [1.54, 1.807) is 21.0 Å². The van der Waals surface area contributed by atoms with Crippen molar-refractivity contribution in [2.24, 2.45) is 0 Å². The summed E-state index contributed by atoms with van der Waals surface area (Å²) in [6, 6.07) is 0. The number of carbonyl (C=O) groups is 1. The molecule has 1 rings (SSSR count). The second kappa shape index (κ2) is 4.45. The summed E-state index contributed by atoms with van der Waals surface area (Å²) < 4.78 is 6.24. The maximum Gasteiger partial charge on any atom is 0.254 e. The zero-order valence-corrected chi connectivity index (χ0v) is 10.4. The van der Waals surface area contributed by atoms with Crippen LogP contribution >= 0.6 is 15.9 Å². The first-order chi connectivity index (χ1) is 6.47. The molecule has 0 N–H and O–H groups in total. The number of carbonyl (C=O) groups excluding carboxylic acids is 1. The molecule has 80 valence electrons. The van der Waals surface area contributed by atoms with Gasteiger partial charge in [0, 0.05) is 18.1 Å². The van der Waals surface area contributed by atoms with Gasteiger partial charge in [-0.05, 0) is 20.3 Å². The fraction of sp³-hybridized carbons (Fsp3) is 0.700. The van der Waals surface area contributed by atoms with E-state index in [2.05, 4.69) is 22.0 Å². The number of methoxy groups -OCH3 is 1. The molecule has 14 heavy (non-hydrogen) atoms. The molecule has 0 atom stereocenters. The van der Waals surface area contributed by atoms with Gasteiger partial charge in [0.15, 0.2) is 0 Å². The standard InChI is InChI=1S/C10H16BrNO2/c1-10(2,14-3)9(13)12-6-4-5-8(11)7-12/h5H,4,6-7H2,1-3H3. The maximum atomic E-state index is 11.9. The predicted molar refractivity (Wildman–Crippen MR) is 59.3 cm³/mol. The number of hydrogen-bond acceptors (Lipinski definition) is 2. The van der Waals surface area contributed by atoms with Gasteiger partial charge in [0.05, 0.1) is 6.54 Å². The van der Waals surface area contributed by atoms with Crippen molar-refractivity contribution in [3.05, 3.63) is 10.6 Å². The Morgan fingerprint density at radius 1 is 1.64 bits per heavy atom. The average molecular weight is 262 g/mol. The molecule has 0 aromatic heterocycles. The molecule has 0 bridgehead atoms. The quantitative estimate of drug-likeness (QED) is 0.761. The lowest BCUT2D eigenvalue weighted by Gasteiger charge is -2.32. The lowest BCUT2D eigenvalue weighted by molar-refractivity contribution is -0.150. The predicted octanol–water partition coefficient (Wildman–Crippen LogP) is 1.92. The first-order valence-corrected chi connectivity index (χ1v) is 5.46. The third kappa shape index (κ3) is 2.58. The smallest absolute Gasteiger partial charge is 0.254 e. The number of halogens is 1. The summed E-state index contributed by atoms with van der Waals surface area (Å²) in [5.74, 6) is 0.0463. The normalized spacial score (nSPS) is 18.0. The van der Waals surface area contributed by atoms with Crippen molar-refractivity contribution < 1.29 is 9.53 Å². The first-order valence-electron chi connectivity index (χ1n) is 4.66. The molecular formula is C10H16BrNO2. The van der Waals surface area contributed by atoms with Gasteiger partial charge < -0.3 is 9.64 Å². The fourth-order valence-corrected chi connectivity index (χ4v) is 1.88. The number of hydrogen-bond donors (Lipinski definition) is 0. The number of ether oxygens (including phenoxy) is 1. The minimum atomic E-state index is -0.718. The monoisotopic (exact) mass is 261 g/mol. The van der Waals surface area contributed by atoms with E-state index in [4.69, 9.17) is 4.74 Å². The molecular weight excluding hydrogens is 246 g/mol. The van der Waals surface area contributed by atoms with Gasteiger partial charge in [-0.2, -0.15) is 0 Å². The highest BCUT2D eigenvalue weighted by Crippen LogP contribution is 2.19. The second-order valence-corrected chi connectivity index (χ2v) is 4.90. The van der Waals surface area contributed by atoms with Gasteiger partial charge in [-0.15, -0.1) is 0 Å². The Labute approximate surface area is 93.2 Å². The van der Waals surface area contributed by atoms with Crippen molar-refractivity contribution >= 4 is 21.8 Å². The van der Waals surface area contributed by atoms with Crippen molar-refractivity contribution in [1.29, 1.82) is 0 Å². The number of nitrogens with zero attached hydrogens (tertiary/aromatic N) is 1. The third-order valence-electron chi connectivity index (χ3n) is 2.42. The molecule has 1 amide bonds. The highest BCUT2D eigenvalue weighted by molar-refractivity contribution is 9.11. The minimum Gasteiger partial charge on any atom is -0.369 e. The van der Waals surface area contributed by atoms with Crippen LogP contribution in [0.4, 0.5) is 0 Å². The Balaban J connectivity index is 2.67. The highest BCUT2D eigenvalue weighted by atomic mass is 79.9. The van der Waals surface area contributed by atoms with Crippen LogP contribution in [0.3, 0.4) is 0 Å². The molecule has 0 saturated heterocycles. The summed E-state index contributed by atoms with van der Waals surface area (Å²) in [7, 11) is 1.56. The zero-order valence-electron chi connectivity index (χ0n) is 8.84. The van der Waals surface area contributed by atoms with E-state index < -0.39 is 5.60 Å². The molecule has 0 radical (unpaired) electrons. The lowest BCUT2D eigenvalue weighted by Crippen LogP contribution is -2.48. The Bertz CT molecular complexity index is 261. The molecule has 1 aliphatic rings. The van der Waals surface area contributed by atoms with E-state index in [1.807, 2.05) is 4.90 Å². The zero-order chi connectivity index (χ0) is 10.8. The van der Waals surface area contributed by atoms with Crippen LogP contribution in [0.15, 0.2) is 10.6 Å². The van der Waals surface area contributed by atoms with E-state index in [9.17, 15) is 4.79 Å². The molecule has 0 aromatic rings. The highest BCUT2D eigenvalue weighted by Gasteiger charge is 2.32. The van der Waals surface area contributed by atoms with Gasteiger partial charge in [0.25, 0.3) is 5.91 Å². The van der Waals surface area contributed by atoms with Crippen LogP contribution in [0.2, 0.25) is 0 Å².